The summed E-state index contributed by atoms with van der Waals surface area (Å²) in [7, 11) is 0. The molecule has 0 radical (unpaired) electrons. The fraction of sp³-hybridized carbons (Fsp3) is 0.923. The van der Waals surface area contributed by atoms with E-state index >= 15 is 0 Å². The summed E-state index contributed by atoms with van der Waals surface area (Å²) in [5.41, 5.74) is 0. The van der Waals surface area contributed by atoms with Crippen molar-refractivity contribution in [3.63, 3.8) is 0 Å². The molecule has 2 N–H and O–H groups in total. The van der Waals surface area contributed by atoms with Crippen LogP contribution in [0.15, 0.2) is 0 Å². The third kappa shape index (κ3) is 4.92. The highest BCUT2D eigenvalue weighted by Crippen LogP contribution is 2.17. The normalized spacial score (nSPS) is 22.9. The van der Waals surface area contributed by atoms with Gasteiger partial charge in [-0.05, 0) is 18.8 Å². The Labute approximate surface area is 109 Å². The van der Waals surface area contributed by atoms with Gasteiger partial charge in [-0.2, -0.15) is 0 Å². The second-order valence-corrected chi connectivity index (χ2v) is 5.20. The van der Waals surface area contributed by atoms with Crippen molar-refractivity contribution in [3.05, 3.63) is 0 Å². The lowest BCUT2D eigenvalue weighted by Gasteiger charge is -2.27. The molecule has 2 fully saturated rings. The van der Waals surface area contributed by atoms with Gasteiger partial charge >= 0.3 is 0 Å². The van der Waals surface area contributed by atoms with E-state index in [0.717, 1.165) is 65.3 Å². The van der Waals surface area contributed by atoms with E-state index < -0.39 is 0 Å². The minimum Gasteiger partial charge on any atom is -0.381 e. The molecule has 0 aromatic carbocycles. The Kier molecular flexibility index (Phi) is 5.90. The van der Waals surface area contributed by atoms with Gasteiger partial charge in [0.2, 0.25) is 5.91 Å². The van der Waals surface area contributed by atoms with E-state index in [1.165, 1.54) is 0 Å². The summed E-state index contributed by atoms with van der Waals surface area (Å²) in [6.07, 6.45) is 2.74. The summed E-state index contributed by atoms with van der Waals surface area (Å²) in [5.74, 6) is 0.731. The van der Waals surface area contributed by atoms with E-state index in [0.29, 0.717) is 12.3 Å². The molecule has 0 aromatic rings. The zero-order valence-corrected chi connectivity index (χ0v) is 11.1. The van der Waals surface area contributed by atoms with Gasteiger partial charge < -0.3 is 15.4 Å². The average Bonchev–Trinajstić information content (AvgIpc) is 2.41. The second-order valence-electron chi connectivity index (χ2n) is 5.20. The molecular formula is C13H25N3O2. The average molecular weight is 255 g/mol. The van der Waals surface area contributed by atoms with Crippen molar-refractivity contribution >= 4 is 5.91 Å². The van der Waals surface area contributed by atoms with Crippen molar-refractivity contribution in [2.45, 2.75) is 19.3 Å². The molecule has 1 amide bonds. The molecule has 2 heterocycles. The molecule has 0 spiro atoms. The topological polar surface area (TPSA) is 53.6 Å². The van der Waals surface area contributed by atoms with Crippen molar-refractivity contribution in [1.82, 2.24) is 15.5 Å². The summed E-state index contributed by atoms with van der Waals surface area (Å²) in [5, 5.41) is 6.36. The monoisotopic (exact) mass is 255 g/mol. The molecule has 104 valence electrons. The molecule has 5 heteroatoms. The first-order valence-electron chi connectivity index (χ1n) is 7.12. The van der Waals surface area contributed by atoms with E-state index in [9.17, 15) is 4.79 Å². The summed E-state index contributed by atoms with van der Waals surface area (Å²) in [6, 6.07) is 0. The second kappa shape index (κ2) is 7.71. The van der Waals surface area contributed by atoms with Crippen LogP contribution in [-0.4, -0.2) is 63.3 Å². The van der Waals surface area contributed by atoms with Crippen LogP contribution < -0.4 is 10.6 Å². The highest BCUT2D eigenvalue weighted by Gasteiger charge is 2.17. The van der Waals surface area contributed by atoms with Gasteiger partial charge in [0.1, 0.15) is 0 Å². The van der Waals surface area contributed by atoms with E-state index in [-0.39, 0.29) is 5.91 Å². The fourth-order valence-electron chi connectivity index (χ4n) is 2.57. The Bertz CT molecular complexity index is 249. The number of nitrogens with zero attached hydrogens (tertiary/aromatic N) is 1. The minimum absolute atomic E-state index is 0.206. The summed E-state index contributed by atoms with van der Waals surface area (Å²) in [4.78, 5) is 14.2. The Balaban J connectivity index is 1.53. The van der Waals surface area contributed by atoms with E-state index in [2.05, 4.69) is 15.5 Å². The molecule has 2 aliphatic heterocycles. The first kappa shape index (κ1) is 13.8. The molecule has 5 nitrogen and oxygen atoms in total. The molecule has 0 unspecified atom stereocenters. The lowest BCUT2D eigenvalue weighted by atomic mass is 9.96. The summed E-state index contributed by atoms with van der Waals surface area (Å²) in [6.45, 7) is 7.71. The minimum atomic E-state index is 0.206. The van der Waals surface area contributed by atoms with Gasteiger partial charge in [-0.3, -0.25) is 9.69 Å². The number of amides is 1. The van der Waals surface area contributed by atoms with E-state index in [1.54, 1.807) is 0 Å². The van der Waals surface area contributed by atoms with Gasteiger partial charge in [0.15, 0.2) is 0 Å². The molecule has 0 aliphatic carbocycles. The predicted molar refractivity (Wildman–Crippen MR) is 70.5 cm³/mol. The number of hydrogen-bond acceptors (Lipinski definition) is 4. The standard InChI is InChI=1S/C13H25N3O2/c17-13(11-12-1-9-18-10-2-12)15-5-8-16-6-3-14-4-7-16/h12,14H,1-11H2,(H,15,17). The lowest BCUT2D eigenvalue weighted by Crippen LogP contribution is -2.46. The zero-order chi connectivity index (χ0) is 12.6. The smallest absolute Gasteiger partial charge is 0.220 e. The largest absolute Gasteiger partial charge is 0.381 e. The maximum Gasteiger partial charge on any atom is 0.220 e. The zero-order valence-electron chi connectivity index (χ0n) is 11.1. The van der Waals surface area contributed by atoms with Crippen LogP contribution in [0.1, 0.15) is 19.3 Å². The Morgan fingerprint density at radius 2 is 2.00 bits per heavy atom. The molecule has 0 aromatic heterocycles. The van der Waals surface area contributed by atoms with Crippen LogP contribution in [0.3, 0.4) is 0 Å². The van der Waals surface area contributed by atoms with E-state index in [4.69, 9.17) is 4.74 Å². The quantitative estimate of drug-likeness (QED) is 0.716. The molecule has 2 saturated heterocycles. The predicted octanol–water partition coefficient (Wildman–Crippen LogP) is -0.175. The maximum atomic E-state index is 11.8. The maximum absolute atomic E-state index is 11.8. The fourth-order valence-corrected chi connectivity index (χ4v) is 2.57. The van der Waals surface area contributed by atoms with E-state index in [1.807, 2.05) is 0 Å². The van der Waals surface area contributed by atoms with Gasteiger partial charge in [-0.25, -0.2) is 0 Å². The van der Waals surface area contributed by atoms with Crippen LogP contribution in [0.4, 0.5) is 0 Å². The van der Waals surface area contributed by atoms with Gasteiger partial charge in [0, 0.05) is 58.9 Å². The van der Waals surface area contributed by atoms with Crippen LogP contribution in [0.25, 0.3) is 0 Å². The Morgan fingerprint density at radius 1 is 1.28 bits per heavy atom. The molecule has 0 bridgehead atoms. The first-order chi connectivity index (χ1) is 8.84. The van der Waals surface area contributed by atoms with Crippen LogP contribution in [0, 0.1) is 5.92 Å². The van der Waals surface area contributed by atoms with Crippen molar-refractivity contribution in [1.29, 1.82) is 0 Å². The van der Waals surface area contributed by atoms with Crippen molar-refractivity contribution < 1.29 is 9.53 Å². The molecule has 0 saturated carbocycles. The Hall–Kier alpha value is -0.650. The SMILES string of the molecule is O=C(CC1CCOCC1)NCCN1CCNCC1. The number of piperazine rings is 1. The number of ether oxygens (including phenoxy) is 1. The summed E-state index contributed by atoms with van der Waals surface area (Å²) < 4.78 is 5.30. The highest BCUT2D eigenvalue weighted by molar-refractivity contribution is 5.76. The number of nitrogens with one attached hydrogen (secondary N) is 2. The van der Waals surface area contributed by atoms with Crippen molar-refractivity contribution in [2.75, 3.05) is 52.5 Å². The number of carbonyl (C=O) groups excluding carboxylic acids is 1. The molecular weight excluding hydrogens is 230 g/mol. The van der Waals surface area contributed by atoms with Gasteiger partial charge in [-0.1, -0.05) is 0 Å². The third-order valence-electron chi connectivity index (χ3n) is 3.77. The van der Waals surface area contributed by atoms with Crippen LogP contribution in [0.2, 0.25) is 0 Å². The number of carbonyl (C=O) groups is 1. The molecule has 2 rings (SSSR count). The number of rotatable bonds is 5. The van der Waals surface area contributed by atoms with Crippen LogP contribution >= 0.6 is 0 Å². The van der Waals surface area contributed by atoms with Crippen LogP contribution in [-0.2, 0) is 9.53 Å². The van der Waals surface area contributed by atoms with Gasteiger partial charge in [0.05, 0.1) is 0 Å². The molecule has 18 heavy (non-hydrogen) atoms. The Morgan fingerprint density at radius 3 is 2.72 bits per heavy atom. The van der Waals surface area contributed by atoms with Crippen LogP contribution in [0.5, 0.6) is 0 Å². The van der Waals surface area contributed by atoms with Crippen molar-refractivity contribution in [3.8, 4) is 0 Å². The first-order valence-corrected chi connectivity index (χ1v) is 7.12. The molecule has 0 atom stereocenters. The lowest BCUT2D eigenvalue weighted by molar-refractivity contribution is -0.122. The van der Waals surface area contributed by atoms with Gasteiger partial charge in [-0.15, -0.1) is 0 Å². The number of hydrogen-bond donors (Lipinski definition) is 2. The van der Waals surface area contributed by atoms with Crippen molar-refractivity contribution in [2.24, 2.45) is 5.92 Å². The third-order valence-corrected chi connectivity index (χ3v) is 3.77. The molecule has 2 aliphatic rings. The highest BCUT2D eigenvalue weighted by atomic mass is 16.5. The summed E-state index contributed by atoms with van der Waals surface area (Å²) >= 11 is 0. The van der Waals surface area contributed by atoms with Gasteiger partial charge in [0.25, 0.3) is 0 Å².